The summed E-state index contributed by atoms with van der Waals surface area (Å²) in [6, 6.07) is 41.5. The molecule has 9 aromatic rings. The van der Waals surface area contributed by atoms with E-state index in [-0.39, 0.29) is 11.6 Å². The Kier molecular flexibility index (Phi) is 11.4. The summed E-state index contributed by atoms with van der Waals surface area (Å²) in [5.41, 5.74) is 4.27. The van der Waals surface area contributed by atoms with E-state index in [1.165, 1.54) is 22.7 Å². The topological polar surface area (TPSA) is 113 Å². The zero-order valence-corrected chi connectivity index (χ0v) is 39.4. The Balaban J connectivity index is 1.31. The van der Waals surface area contributed by atoms with Crippen molar-refractivity contribution in [2.45, 2.75) is 40.0 Å². The van der Waals surface area contributed by atoms with Gasteiger partial charge in [-0.3, -0.25) is 0 Å². The molecule has 5 aromatic carbocycles. The molecule has 16 heteroatoms. The van der Waals surface area contributed by atoms with Gasteiger partial charge in [0.05, 0.1) is 50.0 Å². The lowest BCUT2D eigenvalue weighted by Crippen LogP contribution is -2.45. The van der Waals surface area contributed by atoms with E-state index in [0.717, 1.165) is 57.7 Å². The number of aromatic nitrogens is 4. The molecule has 0 unspecified atom stereocenters. The number of nitriles is 1. The molecule has 0 spiro atoms. The first-order valence-electron chi connectivity index (χ1n) is 22.7. The molecule has 0 amide bonds. The Morgan fingerprint density at radius 1 is 0.735 bits per heavy atom. The number of thiazole rings is 2. The minimum atomic E-state index is -1.09. The molecule has 4 aromatic heterocycles. The highest BCUT2D eigenvalue weighted by Gasteiger charge is 2.45. The molecule has 12 nitrogen and oxygen atoms in total. The molecule has 0 atom stereocenters. The van der Waals surface area contributed by atoms with E-state index in [9.17, 15) is 5.26 Å². The first kappa shape index (κ1) is 43.1. The summed E-state index contributed by atoms with van der Waals surface area (Å²) in [6.07, 6.45) is 0.849. The minimum absolute atomic E-state index is 0.231. The van der Waals surface area contributed by atoms with Gasteiger partial charge in [-0.1, -0.05) is 88.4 Å². The van der Waals surface area contributed by atoms with E-state index in [4.69, 9.17) is 39.9 Å². The average molecular weight is 932 g/mol. The summed E-state index contributed by atoms with van der Waals surface area (Å²) < 4.78 is 39.4. The van der Waals surface area contributed by atoms with Gasteiger partial charge in [-0.05, 0) is 86.1 Å². The minimum Gasteiger partial charge on any atom is -0.503 e. The van der Waals surface area contributed by atoms with Crippen LogP contribution in [0.1, 0.15) is 55.7 Å². The van der Waals surface area contributed by atoms with Crippen molar-refractivity contribution in [3.8, 4) is 46.1 Å². The summed E-state index contributed by atoms with van der Waals surface area (Å²) in [7, 11) is -2.13. The highest BCUT2D eigenvalue weighted by Crippen LogP contribution is 2.41. The second kappa shape index (κ2) is 18.0. The highest BCUT2D eigenvalue weighted by atomic mass is 32.1. The fraction of sp³-hybridized carbons (Fsp3) is 0.192. The van der Waals surface area contributed by atoms with Gasteiger partial charge in [0.15, 0.2) is 0 Å². The summed E-state index contributed by atoms with van der Waals surface area (Å²) in [5, 5.41) is 15.1. The van der Waals surface area contributed by atoms with E-state index < -0.39 is 14.5 Å². The predicted molar refractivity (Wildman–Crippen MR) is 271 cm³/mol. The monoisotopic (exact) mass is 931 g/mol. The van der Waals surface area contributed by atoms with Gasteiger partial charge in [-0.2, -0.15) is 5.26 Å². The maximum atomic E-state index is 11.7. The standard InChI is InChI=1S/C52H43B2N7O5S2/c1-6-59(7-2)28-17-29-62-34-19-16-18-33(30-34)48-45-44(50(61(48)54-65-40-24-12-13-25-41(40)66-54)46(56-5)52-58-37-21-9-15-27-43(37)68-52)47(32(3)4)60(53-63-38-22-10-11-23-39(38)64-53)49(45)35(31-55)51-57-36-20-8-14-26-42(36)67-51/h8-16,18-27,30,32H,6-7,17,28-29H2,1-4H3/b49-35-,50-46+. The van der Waals surface area contributed by atoms with Crippen LogP contribution in [0.4, 0.5) is 0 Å². The molecule has 0 radical (unpaired) electrons. The van der Waals surface area contributed by atoms with Crippen LogP contribution in [0.15, 0.2) is 121 Å². The van der Waals surface area contributed by atoms with Gasteiger partial charge in [-0.25, -0.2) is 14.8 Å². The predicted octanol–water partition coefficient (Wildman–Crippen LogP) is 9.97. The SMILES string of the molecule is [C-]#[N+]/C(c1nc2ccccc2s1)=c1\c2c(C(C)C)n(B3Oc4ccccc4O3)/c(=C(/C#N)c3nc4ccccc4s3)c2c(-c2cccc(OCCCN(CC)CC)c2)n1B1Oc2ccccc2O1. The summed E-state index contributed by atoms with van der Waals surface area (Å²) in [4.78, 5) is 16.9. The van der Waals surface area contributed by atoms with Crippen LogP contribution in [0.3, 0.4) is 0 Å². The molecular weight excluding hydrogens is 888 g/mol. The third-order valence-corrected chi connectivity index (χ3v) is 14.5. The van der Waals surface area contributed by atoms with E-state index in [0.29, 0.717) is 78.1 Å². The number of nitrogens with zero attached hydrogens (tertiary/aromatic N) is 7. The van der Waals surface area contributed by atoms with Crippen molar-refractivity contribution in [3.05, 3.63) is 159 Å². The van der Waals surface area contributed by atoms with Crippen LogP contribution in [-0.2, 0) is 0 Å². The normalized spacial score (nSPS) is 13.8. The second-order valence-electron chi connectivity index (χ2n) is 16.7. The maximum absolute atomic E-state index is 11.7. The molecule has 6 heterocycles. The van der Waals surface area contributed by atoms with Crippen molar-refractivity contribution < 1.29 is 23.4 Å². The van der Waals surface area contributed by atoms with Crippen molar-refractivity contribution >= 4 is 79.7 Å². The number of hydrogen-bond donors (Lipinski definition) is 0. The lowest BCUT2D eigenvalue weighted by atomic mass is 10.0. The number of benzene rings is 5. The Labute approximate surface area is 401 Å². The Bertz CT molecular complexity index is 3430. The molecule has 0 saturated carbocycles. The number of ether oxygens (including phenoxy) is 1. The fourth-order valence-electron chi connectivity index (χ4n) is 9.28. The average Bonchev–Trinajstić information content (AvgIpc) is 4.23. The van der Waals surface area contributed by atoms with Crippen molar-refractivity contribution in [1.29, 1.82) is 5.26 Å². The lowest BCUT2D eigenvalue weighted by Gasteiger charge is -2.18. The third kappa shape index (κ3) is 7.42. The zero-order valence-electron chi connectivity index (χ0n) is 37.8. The van der Waals surface area contributed by atoms with E-state index in [1.54, 1.807) is 0 Å². The van der Waals surface area contributed by atoms with Crippen molar-refractivity contribution in [3.63, 3.8) is 0 Å². The van der Waals surface area contributed by atoms with E-state index in [1.807, 2.05) is 130 Å². The van der Waals surface area contributed by atoms with Crippen LogP contribution in [0, 0.1) is 17.9 Å². The summed E-state index contributed by atoms with van der Waals surface area (Å²) in [5.74, 6) is 2.69. The first-order valence-corrected chi connectivity index (χ1v) is 24.4. The molecule has 0 bridgehead atoms. The van der Waals surface area contributed by atoms with Crippen LogP contribution in [0.2, 0.25) is 0 Å². The molecule has 334 valence electrons. The molecule has 0 aliphatic carbocycles. The highest BCUT2D eigenvalue weighted by molar-refractivity contribution is 7.20. The van der Waals surface area contributed by atoms with Crippen LogP contribution in [0.5, 0.6) is 28.7 Å². The smallest absolute Gasteiger partial charge is 0.503 e. The van der Waals surface area contributed by atoms with Crippen molar-refractivity contribution in [2.24, 2.45) is 0 Å². The quantitative estimate of drug-likeness (QED) is 0.0634. The third-order valence-electron chi connectivity index (χ3n) is 12.4. The number of fused-ring (bicyclic) bond motifs is 5. The molecule has 11 rings (SSSR count). The summed E-state index contributed by atoms with van der Waals surface area (Å²) >= 11 is 2.89. The van der Waals surface area contributed by atoms with Crippen LogP contribution >= 0.6 is 22.7 Å². The molecule has 0 fully saturated rings. The Morgan fingerprint density at radius 3 is 1.85 bits per heavy atom. The van der Waals surface area contributed by atoms with E-state index >= 15 is 0 Å². The second-order valence-corrected chi connectivity index (χ2v) is 18.8. The molecular formula is C52H43B2N7O5S2. The molecule has 0 N–H and O–H groups in total. The maximum Gasteiger partial charge on any atom is 0.743 e. The van der Waals surface area contributed by atoms with Gasteiger partial charge >= 0.3 is 14.5 Å². The van der Waals surface area contributed by atoms with Crippen molar-refractivity contribution in [2.75, 3.05) is 26.2 Å². The lowest BCUT2D eigenvalue weighted by molar-refractivity contribution is 0.249. The van der Waals surface area contributed by atoms with Gasteiger partial charge in [0.25, 0.3) is 0 Å². The first-order chi connectivity index (χ1) is 33.4. The van der Waals surface area contributed by atoms with E-state index in [2.05, 4.69) is 43.5 Å². The van der Waals surface area contributed by atoms with Gasteiger partial charge < -0.3 is 37.2 Å². The Hall–Kier alpha value is -7.49. The molecule has 2 aliphatic rings. The largest absolute Gasteiger partial charge is 0.743 e. The van der Waals surface area contributed by atoms with Gasteiger partial charge in [0.2, 0.25) is 5.70 Å². The van der Waals surface area contributed by atoms with Crippen molar-refractivity contribution in [1.82, 2.24) is 23.8 Å². The van der Waals surface area contributed by atoms with Crippen LogP contribution in [0.25, 0.3) is 58.6 Å². The number of hydrogen-bond acceptors (Lipinski definition) is 11. The van der Waals surface area contributed by atoms with Crippen LogP contribution in [-0.4, -0.2) is 64.6 Å². The van der Waals surface area contributed by atoms with Gasteiger partial charge in [-0.15, -0.1) is 22.7 Å². The summed E-state index contributed by atoms with van der Waals surface area (Å²) in [6.45, 7) is 21.0. The van der Waals surface area contributed by atoms with Gasteiger partial charge in [0.1, 0.15) is 50.4 Å². The molecule has 2 aliphatic heterocycles. The van der Waals surface area contributed by atoms with Crippen LogP contribution < -0.4 is 34.1 Å². The number of para-hydroxylation sites is 6. The van der Waals surface area contributed by atoms with Gasteiger partial charge in [0, 0.05) is 28.6 Å². The fourth-order valence-corrected chi connectivity index (χ4v) is 11.2. The molecule has 68 heavy (non-hydrogen) atoms. The Morgan fingerprint density at radius 2 is 1.29 bits per heavy atom. The number of rotatable bonds is 13. The molecule has 0 saturated heterocycles. The zero-order chi connectivity index (χ0) is 46.5.